The summed E-state index contributed by atoms with van der Waals surface area (Å²) in [5.41, 5.74) is 0.300. The number of benzene rings is 1. The molecular weight excluding hydrogens is 251 g/mol. The number of halogens is 1. The van der Waals surface area contributed by atoms with Crippen LogP contribution in [0.2, 0.25) is 0 Å². The molecule has 0 spiro atoms. The Morgan fingerprint density at radius 3 is 2.79 bits per heavy atom. The van der Waals surface area contributed by atoms with Gasteiger partial charge in [-0.25, -0.2) is 4.39 Å². The van der Waals surface area contributed by atoms with Gasteiger partial charge in [-0.2, -0.15) is 0 Å². The maximum absolute atomic E-state index is 13.1. The first-order valence-corrected chi connectivity index (χ1v) is 6.26. The number of Topliss-reactive ketones (excluding diaryl/α,β-unsaturated/α-hetero) is 1. The van der Waals surface area contributed by atoms with E-state index in [0.29, 0.717) is 17.9 Å². The lowest BCUT2D eigenvalue weighted by Gasteiger charge is -2.29. The summed E-state index contributed by atoms with van der Waals surface area (Å²) in [4.78, 5) is 12.0. The third kappa shape index (κ3) is 2.35. The Bertz CT molecular complexity index is 526. The van der Waals surface area contributed by atoms with Gasteiger partial charge in [-0.05, 0) is 32.0 Å². The Kier molecular flexibility index (Phi) is 2.83. The van der Waals surface area contributed by atoms with Crippen molar-refractivity contribution < 1.29 is 23.4 Å². The smallest absolute Gasteiger partial charge is 0.170 e. The highest BCUT2D eigenvalue weighted by atomic mass is 19.1. The van der Waals surface area contributed by atoms with Crippen LogP contribution in [0.5, 0.6) is 5.75 Å². The molecule has 1 saturated heterocycles. The van der Waals surface area contributed by atoms with Crippen molar-refractivity contribution >= 4 is 5.78 Å². The van der Waals surface area contributed by atoms with E-state index in [9.17, 15) is 9.18 Å². The fraction of sp³-hybridized carbons (Fsp3) is 0.500. The Balaban J connectivity index is 1.82. The van der Waals surface area contributed by atoms with Gasteiger partial charge in [0.1, 0.15) is 23.8 Å². The molecule has 0 aliphatic carbocycles. The fourth-order valence-corrected chi connectivity index (χ4v) is 2.43. The molecule has 0 bridgehead atoms. The van der Waals surface area contributed by atoms with Gasteiger partial charge in [0.25, 0.3) is 0 Å². The summed E-state index contributed by atoms with van der Waals surface area (Å²) in [7, 11) is 0. The number of hydrogen-bond donors (Lipinski definition) is 0. The second-order valence-corrected chi connectivity index (χ2v) is 5.29. The topological polar surface area (TPSA) is 44.8 Å². The Morgan fingerprint density at radius 1 is 1.32 bits per heavy atom. The minimum Gasteiger partial charge on any atom is -0.486 e. The Hall–Kier alpha value is -1.46. The van der Waals surface area contributed by atoms with Gasteiger partial charge in [-0.1, -0.05) is 0 Å². The van der Waals surface area contributed by atoms with E-state index in [0.717, 1.165) is 0 Å². The normalized spacial score (nSPS) is 28.9. The highest BCUT2D eigenvalue weighted by Crippen LogP contribution is 2.33. The van der Waals surface area contributed by atoms with Gasteiger partial charge >= 0.3 is 0 Å². The van der Waals surface area contributed by atoms with Crippen molar-refractivity contribution in [2.75, 3.05) is 6.61 Å². The lowest BCUT2D eigenvalue weighted by atomic mass is 9.98. The van der Waals surface area contributed by atoms with E-state index in [2.05, 4.69) is 0 Å². The van der Waals surface area contributed by atoms with Crippen molar-refractivity contribution in [2.24, 2.45) is 0 Å². The zero-order valence-electron chi connectivity index (χ0n) is 10.8. The number of carbonyl (C=O) groups excluding carboxylic acids is 1. The number of ketones is 1. The zero-order valence-corrected chi connectivity index (χ0v) is 10.8. The minimum absolute atomic E-state index is 0.126. The Morgan fingerprint density at radius 2 is 2.11 bits per heavy atom. The van der Waals surface area contributed by atoms with Crippen molar-refractivity contribution in [3.05, 3.63) is 29.6 Å². The lowest BCUT2D eigenvalue weighted by Crippen LogP contribution is -2.39. The van der Waals surface area contributed by atoms with Gasteiger partial charge in [-0.15, -0.1) is 0 Å². The third-order valence-corrected chi connectivity index (χ3v) is 3.35. The average Bonchev–Trinajstić information content (AvgIpc) is 2.70. The van der Waals surface area contributed by atoms with Crippen LogP contribution < -0.4 is 4.74 Å². The van der Waals surface area contributed by atoms with Crippen LogP contribution in [-0.2, 0) is 9.47 Å². The SMILES string of the molecule is CC1(C)OCC(C2CC(=O)c3cc(F)ccc3O2)O1. The van der Waals surface area contributed by atoms with Crippen LogP contribution in [0.1, 0.15) is 30.6 Å². The first-order chi connectivity index (χ1) is 8.94. The van der Waals surface area contributed by atoms with Crippen LogP contribution in [0.25, 0.3) is 0 Å². The molecule has 0 saturated carbocycles. The largest absolute Gasteiger partial charge is 0.486 e. The molecule has 2 aliphatic heterocycles. The summed E-state index contributed by atoms with van der Waals surface area (Å²) in [5, 5.41) is 0. The molecule has 1 aromatic rings. The number of hydrogen-bond acceptors (Lipinski definition) is 4. The molecule has 5 heteroatoms. The van der Waals surface area contributed by atoms with Gasteiger partial charge in [0.05, 0.1) is 18.6 Å². The molecule has 0 radical (unpaired) electrons. The highest BCUT2D eigenvalue weighted by molar-refractivity contribution is 5.99. The molecule has 102 valence electrons. The predicted molar refractivity (Wildman–Crippen MR) is 64.7 cm³/mol. The quantitative estimate of drug-likeness (QED) is 0.782. The molecule has 19 heavy (non-hydrogen) atoms. The summed E-state index contributed by atoms with van der Waals surface area (Å²) in [6, 6.07) is 3.98. The number of carbonyl (C=O) groups is 1. The molecule has 3 rings (SSSR count). The van der Waals surface area contributed by atoms with E-state index in [-0.39, 0.29) is 24.4 Å². The van der Waals surface area contributed by atoms with Crippen molar-refractivity contribution in [1.82, 2.24) is 0 Å². The molecule has 0 N–H and O–H groups in total. The molecule has 2 unspecified atom stereocenters. The molecule has 0 aromatic heterocycles. The lowest BCUT2D eigenvalue weighted by molar-refractivity contribution is -0.149. The highest BCUT2D eigenvalue weighted by Gasteiger charge is 2.41. The minimum atomic E-state index is -0.653. The van der Waals surface area contributed by atoms with E-state index in [1.165, 1.54) is 18.2 Å². The van der Waals surface area contributed by atoms with E-state index in [1.54, 1.807) is 0 Å². The zero-order chi connectivity index (χ0) is 13.6. The van der Waals surface area contributed by atoms with Gasteiger partial charge in [0.15, 0.2) is 11.6 Å². The molecule has 2 aliphatic rings. The van der Waals surface area contributed by atoms with Crippen LogP contribution in [-0.4, -0.2) is 30.4 Å². The maximum Gasteiger partial charge on any atom is 0.170 e. The molecule has 2 heterocycles. The predicted octanol–water partition coefficient (Wildman–Crippen LogP) is 2.31. The molecule has 2 atom stereocenters. The van der Waals surface area contributed by atoms with Gasteiger partial charge in [0, 0.05) is 0 Å². The van der Waals surface area contributed by atoms with Crippen LogP contribution in [0, 0.1) is 5.82 Å². The van der Waals surface area contributed by atoms with E-state index >= 15 is 0 Å². The van der Waals surface area contributed by atoms with Crippen molar-refractivity contribution in [1.29, 1.82) is 0 Å². The van der Waals surface area contributed by atoms with Crippen LogP contribution in [0.15, 0.2) is 18.2 Å². The second-order valence-electron chi connectivity index (χ2n) is 5.29. The first kappa shape index (κ1) is 12.6. The molecule has 1 fully saturated rings. The van der Waals surface area contributed by atoms with Gasteiger partial charge < -0.3 is 14.2 Å². The summed E-state index contributed by atoms with van der Waals surface area (Å²) in [6.45, 7) is 4.03. The fourth-order valence-electron chi connectivity index (χ4n) is 2.43. The van der Waals surface area contributed by atoms with Gasteiger partial charge in [-0.3, -0.25) is 4.79 Å². The monoisotopic (exact) mass is 266 g/mol. The van der Waals surface area contributed by atoms with Crippen LogP contribution in [0.3, 0.4) is 0 Å². The van der Waals surface area contributed by atoms with E-state index in [4.69, 9.17) is 14.2 Å². The van der Waals surface area contributed by atoms with E-state index in [1.807, 2.05) is 13.8 Å². The van der Waals surface area contributed by atoms with E-state index < -0.39 is 11.6 Å². The molecule has 4 nitrogen and oxygen atoms in total. The first-order valence-electron chi connectivity index (χ1n) is 6.26. The van der Waals surface area contributed by atoms with Crippen molar-refractivity contribution in [3.8, 4) is 5.75 Å². The molecular formula is C14H15FO4. The van der Waals surface area contributed by atoms with Crippen molar-refractivity contribution in [2.45, 2.75) is 38.3 Å². The molecule has 1 aromatic carbocycles. The third-order valence-electron chi connectivity index (χ3n) is 3.35. The van der Waals surface area contributed by atoms with Crippen LogP contribution >= 0.6 is 0 Å². The summed E-state index contributed by atoms with van der Waals surface area (Å²) < 4.78 is 30.0. The average molecular weight is 266 g/mol. The number of rotatable bonds is 1. The number of fused-ring (bicyclic) bond motifs is 1. The summed E-state index contributed by atoms with van der Waals surface area (Å²) in [5.74, 6) is -0.800. The molecule has 0 amide bonds. The summed E-state index contributed by atoms with van der Waals surface area (Å²) >= 11 is 0. The van der Waals surface area contributed by atoms with Gasteiger partial charge in [0.2, 0.25) is 0 Å². The summed E-state index contributed by atoms with van der Waals surface area (Å²) in [6.07, 6.45) is -0.481. The van der Waals surface area contributed by atoms with Crippen molar-refractivity contribution in [3.63, 3.8) is 0 Å². The van der Waals surface area contributed by atoms with Crippen LogP contribution in [0.4, 0.5) is 4.39 Å². The second kappa shape index (κ2) is 4.28. The standard InChI is InChI=1S/C14H15FO4/c1-14(2)17-7-13(19-14)12-6-10(16)9-5-8(15)3-4-11(9)18-12/h3-5,12-13H,6-7H2,1-2H3. The number of ether oxygens (including phenoxy) is 3. The Labute approximate surface area is 110 Å². The maximum atomic E-state index is 13.1.